The number of phenolic OH excluding ortho intramolecular Hbond substituents is 1. The van der Waals surface area contributed by atoms with Crippen LogP contribution in [0, 0.1) is 0 Å². The standard InChI is InChI=1S/C20H26N2O2/c1-5-6-10-22-19(24)16-11-15(14-8-7-9-21-13-14)12-17(18(16)23)20(2,3)4/h7-9,11-13,23H,5-6,10H2,1-4H3,(H,22,24). The third-order valence-corrected chi connectivity index (χ3v) is 3.97. The molecule has 0 saturated carbocycles. The zero-order valence-electron chi connectivity index (χ0n) is 14.9. The second-order valence-corrected chi connectivity index (χ2v) is 7.02. The number of hydrogen-bond donors (Lipinski definition) is 2. The van der Waals surface area contributed by atoms with E-state index in [0.717, 1.165) is 29.5 Å². The van der Waals surface area contributed by atoms with E-state index in [0.29, 0.717) is 12.1 Å². The molecule has 0 atom stereocenters. The number of aromatic nitrogens is 1. The first kappa shape index (κ1) is 18.0. The molecule has 2 rings (SSSR count). The van der Waals surface area contributed by atoms with Gasteiger partial charge in [0.25, 0.3) is 5.91 Å². The second-order valence-electron chi connectivity index (χ2n) is 7.02. The molecule has 128 valence electrons. The van der Waals surface area contributed by atoms with Crippen LogP contribution >= 0.6 is 0 Å². The van der Waals surface area contributed by atoms with Gasteiger partial charge in [-0.25, -0.2) is 0 Å². The quantitative estimate of drug-likeness (QED) is 0.806. The predicted octanol–water partition coefficient (Wildman–Crippen LogP) is 4.28. The lowest BCUT2D eigenvalue weighted by Crippen LogP contribution is -2.25. The number of unbranched alkanes of at least 4 members (excludes halogenated alkanes) is 1. The van der Waals surface area contributed by atoms with Gasteiger partial charge in [0, 0.05) is 30.1 Å². The van der Waals surface area contributed by atoms with Gasteiger partial charge >= 0.3 is 0 Å². The van der Waals surface area contributed by atoms with E-state index in [2.05, 4.69) is 17.2 Å². The Kier molecular flexibility index (Phi) is 5.60. The average molecular weight is 326 g/mol. The van der Waals surface area contributed by atoms with Gasteiger partial charge in [-0.3, -0.25) is 9.78 Å². The van der Waals surface area contributed by atoms with Gasteiger partial charge in [0.15, 0.2) is 0 Å². The molecule has 4 heteroatoms. The lowest BCUT2D eigenvalue weighted by Gasteiger charge is -2.23. The molecule has 0 bridgehead atoms. The van der Waals surface area contributed by atoms with E-state index >= 15 is 0 Å². The number of carbonyl (C=O) groups excluding carboxylic acids is 1. The summed E-state index contributed by atoms with van der Waals surface area (Å²) in [5, 5.41) is 13.5. The van der Waals surface area contributed by atoms with E-state index < -0.39 is 0 Å². The van der Waals surface area contributed by atoms with Crippen LogP contribution in [0.3, 0.4) is 0 Å². The van der Waals surface area contributed by atoms with Gasteiger partial charge in [-0.1, -0.05) is 40.2 Å². The molecule has 0 unspecified atom stereocenters. The van der Waals surface area contributed by atoms with Crippen molar-refractivity contribution in [1.29, 1.82) is 0 Å². The maximum atomic E-state index is 12.5. The minimum atomic E-state index is -0.277. The molecular formula is C20H26N2O2. The number of benzene rings is 1. The number of nitrogens with zero attached hydrogens (tertiary/aromatic N) is 1. The zero-order chi connectivity index (χ0) is 17.7. The summed E-state index contributed by atoms with van der Waals surface area (Å²) in [6.45, 7) is 8.75. The molecule has 0 aliphatic carbocycles. The number of nitrogens with one attached hydrogen (secondary N) is 1. The van der Waals surface area contributed by atoms with Crippen molar-refractivity contribution < 1.29 is 9.90 Å². The molecule has 0 aliphatic rings. The summed E-state index contributed by atoms with van der Waals surface area (Å²) < 4.78 is 0. The van der Waals surface area contributed by atoms with Gasteiger partial charge in [0.1, 0.15) is 5.75 Å². The van der Waals surface area contributed by atoms with Gasteiger partial charge in [0.2, 0.25) is 0 Å². The van der Waals surface area contributed by atoms with Crippen molar-refractivity contribution in [2.75, 3.05) is 6.54 Å². The summed E-state index contributed by atoms with van der Waals surface area (Å²) in [5.74, 6) is -0.179. The van der Waals surface area contributed by atoms with Crippen molar-refractivity contribution in [3.8, 4) is 16.9 Å². The molecule has 4 nitrogen and oxygen atoms in total. The van der Waals surface area contributed by atoms with Crippen LogP contribution in [0.25, 0.3) is 11.1 Å². The van der Waals surface area contributed by atoms with Crippen molar-refractivity contribution in [1.82, 2.24) is 10.3 Å². The van der Waals surface area contributed by atoms with Crippen LogP contribution < -0.4 is 5.32 Å². The van der Waals surface area contributed by atoms with Gasteiger partial charge in [0.05, 0.1) is 5.56 Å². The van der Waals surface area contributed by atoms with E-state index in [1.54, 1.807) is 18.5 Å². The predicted molar refractivity (Wildman–Crippen MR) is 97.3 cm³/mol. The number of phenols is 1. The molecule has 2 aromatic rings. The SMILES string of the molecule is CCCCNC(=O)c1cc(-c2cccnc2)cc(C(C)(C)C)c1O. The first-order valence-corrected chi connectivity index (χ1v) is 8.40. The molecule has 1 amide bonds. The number of aromatic hydroxyl groups is 1. The third kappa shape index (κ3) is 4.13. The van der Waals surface area contributed by atoms with Gasteiger partial charge in [-0.15, -0.1) is 0 Å². The summed E-state index contributed by atoms with van der Waals surface area (Å²) in [6, 6.07) is 7.49. The van der Waals surface area contributed by atoms with Crippen molar-refractivity contribution in [3.05, 3.63) is 47.8 Å². The number of amides is 1. The summed E-state index contributed by atoms with van der Waals surface area (Å²) in [5.41, 5.74) is 2.60. The first-order chi connectivity index (χ1) is 11.3. The Labute approximate surface area is 143 Å². The topological polar surface area (TPSA) is 62.2 Å². The Morgan fingerprint density at radius 1 is 1.25 bits per heavy atom. The van der Waals surface area contributed by atoms with Gasteiger partial charge in [-0.2, -0.15) is 0 Å². The number of pyridine rings is 1. The second kappa shape index (κ2) is 7.47. The highest BCUT2D eigenvalue weighted by Crippen LogP contribution is 2.37. The molecule has 1 aromatic heterocycles. The summed E-state index contributed by atoms with van der Waals surface area (Å²) >= 11 is 0. The summed E-state index contributed by atoms with van der Waals surface area (Å²) in [7, 11) is 0. The largest absolute Gasteiger partial charge is 0.507 e. The van der Waals surface area contributed by atoms with Crippen LogP contribution in [0.4, 0.5) is 0 Å². The molecule has 0 saturated heterocycles. The smallest absolute Gasteiger partial charge is 0.255 e. The Morgan fingerprint density at radius 2 is 2.00 bits per heavy atom. The number of rotatable bonds is 5. The van der Waals surface area contributed by atoms with Crippen LogP contribution in [0.5, 0.6) is 5.75 Å². The van der Waals surface area contributed by atoms with Crippen LogP contribution in [-0.2, 0) is 5.41 Å². The maximum Gasteiger partial charge on any atom is 0.255 e. The maximum absolute atomic E-state index is 12.5. The van der Waals surface area contributed by atoms with Gasteiger partial charge < -0.3 is 10.4 Å². The first-order valence-electron chi connectivity index (χ1n) is 8.40. The minimum absolute atomic E-state index is 0.0594. The monoisotopic (exact) mass is 326 g/mol. The fraction of sp³-hybridized carbons (Fsp3) is 0.400. The highest BCUT2D eigenvalue weighted by Gasteiger charge is 2.24. The van der Waals surface area contributed by atoms with E-state index in [1.807, 2.05) is 39.0 Å². The Bertz CT molecular complexity index is 704. The fourth-order valence-corrected chi connectivity index (χ4v) is 2.55. The highest BCUT2D eigenvalue weighted by molar-refractivity contribution is 5.98. The lowest BCUT2D eigenvalue weighted by atomic mass is 9.83. The van der Waals surface area contributed by atoms with Crippen LogP contribution in [0.1, 0.15) is 56.5 Å². The zero-order valence-corrected chi connectivity index (χ0v) is 14.9. The molecule has 0 radical (unpaired) electrons. The fourth-order valence-electron chi connectivity index (χ4n) is 2.55. The summed E-state index contributed by atoms with van der Waals surface area (Å²) in [4.78, 5) is 16.7. The molecule has 1 heterocycles. The third-order valence-electron chi connectivity index (χ3n) is 3.97. The highest BCUT2D eigenvalue weighted by atomic mass is 16.3. The van der Waals surface area contributed by atoms with Gasteiger partial charge in [-0.05, 0) is 35.6 Å². The van der Waals surface area contributed by atoms with Crippen LogP contribution in [-0.4, -0.2) is 22.5 Å². The Balaban J connectivity index is 2.51. The number of carbonyl (C=O) groups is 1. The Morgan fingerprint density at radius 3 is 2.58 bits per heavy atom. The average Bonchev–Trinajstić information content (AvgIpc) is 2.55. The Hall–Kier alpha value is -2.36. The molecule has 0 spiro atoms. The molecule has 0 fully saturated rings. The molecule has 2 N–H and O–H groups in total. The molecule has 24 heavy (non-hydrogen) atoms. The van der Waals surface area contributed by atoms with Crippen molar-refractivity contribution >= 4 is 5.91 Å². The normalized spacial score (nSPS) is 11.3. The summed E-state index contributed by atoms with van der Waals surface area (Å²) in [6.07, 6.45) is 5.40. The van der Waals surface area contributed by atoms with Crippen molar-refractivity contribution in [3.63, 3.8) is 0 Å². The molecule has 1 aromatic carbocycles. The minimum Gasteiger partial charge on any atom is -0.507 e. The van der Waals surface area contributed by atoms with Crippen molar-refractivity contribution in [2.24, 2.45) is 0 Å². The van der Waals surface area contributed by atoms with E-state index in [1.165, 1.54) is 0 Å². The lowest BCUT2D eigenvalue weighted by molar-refractivity contribution is 0.0950. The van der Waals surface area contributed by atoms with Crippen molar-refractivity contribution in [2.45, 2.75) is 46.0 Å². The van der Waals surface area contributed by atoms with Crippen LogP contribution in [0.15, 0.2) is 36.7 Å². The molecule has 0 aliphatic heterocycles. The van der Waals surface area contributed by atoms with E-state index in [-0.39, 0.29) is 17.1 Å². The number of hydrogen-bond acceptors (Lipinski definition) is 3. The van der Waals surface area contributed by atoms with E-state index in [4.69, 9.17) is 0 Å². The molecular weight excluding hydrogens is 300 g/mol. The van der Waals surface area contributed by atoms with Crippen LogP contribution in [0.2, 0.25) is 0 Å². The van der Waals surface area contributed by atoms with E-state index in [9.17, 15) is 9.90 Å².